The second kappa shape index (κ2) is 6.93. The Balaban J connectivity index is 1.59. The quantitative estimate of drug-likeness (QED) is 0.613. The fourth-order valence-electron chi connectivity index (χ4n) is 4.48. The van der Waals surface area contributed by atoms with Gasteiger partial charge in [-0.05, 0) is 86.0 Å². The highest BCUT2D eigenvalue weighted by Crippen LogP contribution is 2.40. The van der Waals surface area contributed by atoms with E-state index < -0.39 is 11.6 Å². The Morgan fingerprint density at radius 1 is 0.955 bits per heavy atom. The van der Waals surface area contributed by atoms with Crippen LogP contribution in [-0.4, -0.2) is 0 Å². The van der Waals surface area contributed by atoms with E-state index in [2.05, 4.69) is 6.58 Å². The number of aryl methyl sites for hydroxylation is 1. The zero-order chi connectivity index (χ0) is 15.5. The SMILES string of the molecule is C=CCCC1CCC(C2CCc3cc(F)c(F)cc3C2)CC1. The first-order valence-corrected chi connectivity index (χ1v) is 8.75. The van der Waals surface area contributed by atoms with Crippen LogP contribution in [0.1, 0.15) is 56.1 Å². The molecule has 2 aliphatic carbocycles. The fraction of sp³-hybridized carbons (Fsp3) is 0.600. The van der Waals surface area contributed by atoms with Crippen molar-refractivity contribution in [3.63, 3.8) is 0 Å². The summed E-state index contributed by atoms with van der Waals surface area (Å²) in [6, 6.07) is 2.85. The number of fused-ring (bicyclic) bond motifs is 1. The van der Waals surface area contributed by atoms with Crippen molar-refractivity contribution >= 4 is 0 Å². The molecule has 0 amide bonds. The first-order chi connectivity index (χ1) is 10.7. The van der Waals surface area contributed by atoms with Crippen molar-refractivity contribution in [3.05, 3.63) is 47.5 Å². The summed E-state index contributed by atoms with van der Waals surface area (Å²) in [6.07, 6.45) is 12.7. The largest absolute Gasteiger partial charge is 0.204 e. The predicted octanol–water partition coefficient (Wildman–Crippen LogP) is 5.84. The monoisotopic (exact) mass is 304 g/mol. The molecule has 1 saturated carbocycles. The average molecular weight is 304 g/mol. The lowest BCUT2D eigenvalue weighted by molar-refractivity contribution is 0.185. The molecule has 1 fully saturated rings. The maximum atomic E-state index is 13.5. The van der Waals surface area contributed by atoms with Crippen molar-refractivity contribution in [2.45, 2.75) is 57.8 Å². The number of halogens is 2. The topological polar surface area (TPSA) is 0 Å². The fourth-order valence-corrected chi connectivity index (χ4v) is 4.48. The molecule has 22 heavy (non-hydrogen) atoms. The normalized spacial score (nSPS) is 28.2. The van der Waals surface area contributed by atoms with Gasteiger partial charge in [0, 0.05) is 0 Å². The maximum Gasteiger partial charge on any atom is 0.159 e. The van der Waals surface area contributed by atoms with Gasteiger partial charge < -0.3 is 0 Å². The predicted molar refractivity (Wildman–Crippen MR) is 86.8 cm³/mol. The minimum absolute atomic E-state index is 0.665. The molecule has 0 N–H and O–H groups in total. The van der Waals surface area contributed by atoms with Gasteiger partial charge in [-0.15, -0.1) is 6.58 Å². The van der Waals surface area contributed by atoms with Crippen molar-refractivity contribution in [3.8, 4) is 0 Å². The summed E-state index contributed by atoms with van der Waals surface area (Å²) in [4.78, 5) is 0. The molecule has 2 heteroatoms. The van der Waals surface area contributed by atoms with Crippen LogP contribution in [0, 0.1) is 29.4 Å². The van der Waals surface area contributed by atoms with E-state index in [0.29, 0.717) is 5.92 Å². The molecule has 0 heterocycles. The van der Waals surface area contributed by atoms with Gasteiger partial charge in [0.2, 0.25) is 0 Å². The van der Waals surface area contributed by atoms with Crippen molar-refractivity contribution in [1.82, 2.24) is 0 Å². The minimum atomic E-state index is -0.695. The summed E-state index contributed by atoms with van der Waals surface area (Å²) in [7, 11) is 0. The smallest absolute Gasteiger partial charge is 0.159 e. The van der Waals surface area contributed by atoms with Gasteiger partial charge in [0.05, 0.1) is 0 Å². The van der Waals surface area contributed by atoms with Crippen LogP contribution < -0.4 is 0 Å². The summed E-state index contributed by atoms with van der Waals surface area (Å²) < 4.78 is 26.8. The Hall–Kier alpha value is -1.18. The third-order valence-electron chi connectivity index (χ3n) is 5.85. The Morgan fingerprint density at radius 3 is 2.32 bits per heavy atom. The van der Waals surface area contributed by atoms with Crippen LogP contribution in [0.4, 0.5) is 8.78 Å². The molecule has 120 valence electrons. The molecule has 0 radical (unpaired) electrons. The van der Waals surface area contributed by atoms with Gasteiger partial charge >= 0.3 is 0 Å². The minimum Gasteiger partial charge on any atom is -0.204 e. The van der Waals surface area contributed by atoms with Crippen molar-refractivity contribution < 1.29 is 8.78 Å². The van der Waals surface area contributed by atoms with Crippen LogP contribution in [0.3, 0.4) is 0 Å². The number of allylic oxidation sites excluding steroid dienone is 1. The summed E-state index contributed by atoms with van der Waals surface area (Å²) in [5.74, 6) is 0.933. The van der Waals surface area contributed by atoms with E-state index in [1.807, 2.05) is 6.08 Å². The molecule has 0 bridgehead atoms. The molecular formula is C20H26F2. The lowest BCUT2D eigenvalue weighted by Gasteiger charge is -2.36. The van der Waals surface area contributed by atoms with Crippen LogP contribution in [0.2, 0.25) is 0 Å². The summed E-state index contributed by atoms with van der Waals surface area (Å²) >= 11 is 0. The Morgan fingerprint density at radius 2 is 1.64 bits per heavy atom. The molecular weight excluding hydrogens is 278 g/mol. The number of hydrogen-bond donors (Lipinski definition) is 0. The van der Waals surface area contributed by atoms with Gasteiger partial charge in [-0.25, -0.2) is 8.78 Å². The molecule has 1 aromatic rings. The Bertz CT molecular complexity index is 527. The van der Waals surface area contributed by atoms with Crippen LogP contribution in [0.15, 0.2) is 24.8 Å². The highest BCUT2D eigenvalue weighted by atomic mass is 19.2. The van der Waals surface area contributed by atoms with Crippen molar-refractivity contribution in [2.75, 3.05) is 0 Å². The second-order valence-corrected chi connectivity index (χ2v) is 7.18. The Kier molecular flexibility index (Phi) is 4.95. The third kappa shape index (κ3) is 3.42. The van der Waals surface area contributed by atoms with Gasteiger partial charge in [-0.3, -0.25) is 0 Å². The van der Waals surface area contributed by atoms with E-state index in [9.17, 15) is 8.78 Å². The van der Waals surface area contributed by atoms with Gasteiger partial charge in [-0.2, -0.15) is 0 Å². The zero-order valence-electron chi connectivity index (χ0n) is 13.3. The molecule has 1 atom stereocenters. The van der Waals surface area contributed by atoms with Crippen LogP contribution in [0.25, 0.3) is 0 Å². The summed E-state index contributed by atoms with van der Waals surface area (Å²) in [6.45, 7) is 3.81. The van der Waals surface area contributed by atoms with E-state index in [1.54, 1.807) is 0 Å². The number of benzene rings is 1. The molecule has 0 saturated heterocycles. The van der Waals surface area contributed by atoms with Gasteiger partial charge in [-0.1, -0.05) is 18.9 Å². The second-order valence-electron chi connectivity index (χ2n) is 7.18. The molecule has 0 aliphatic heterocycles. The van der Waals surface area contributed by atoms with E-state index in [4.69, 9.17) is 0 Å². The van der Waals surface area contributed by atoms with Gasteiger partial charge in [0.1, 0.15) is 0 Å². The van der Waals surface area contributed by atoms with Gasteiger partial charge in [0.15, 0.2) is 11.6 Å². The number of hydrogen-bond acceptors (Lipinski definition) is 0. The Labute approximate surface area is 132 Å². The average Bonchev–Trinajstić information content (AvgIpc) is 2.54. The summed E-state index contributed by atoms with van der Waals surface area (Å²) in [5, 5.41) is 0. The van der Waals surface area contributed by atoms with E-state index in [-0.39, 0.29) is 0 Å². The lowest BCUT2D eigenvalue weighted by Crippen LogP contribution is -2.26. The van der Waals surface area contributed by atoms with E-state index in [1.165, 1.54) is 44.2 Å². The first kappa shape index (κ1) is 15.7. The molecule has 1 unspecified atom stereocenters. The van der Waals surface area contributed by atoms with Gasteiger partial charge in [0.25, 0.3) is 0 Å². The van der Waals surface area contributed by atoms with Crippen molar-refractivity contribution in [2.24, 2.45) is 17.8 Å². The highest BCUT2D eigenvalue weighted by molar-refractivity contribution is 5.31. The lowest BCUT2D eigenvalue weighted by atomic mass is 9.69. The van der Waals surface area contributed by atoms with Crippen molar-refractivity contribution in [1.29, 1.82) is 0 Å². The van der Waals surface area contributed by atoms with Crippen LogP contribution >= 0.6 is 0 Å². The van der Waals surface area contributed by atoms with E-state index in [0.717, 1.165) is 48.6 Å². The third-order valence-corrected chi connectivity index (χ3v) is 5.85. The molecule has 3 rings (SSSR count). The molecule has 0 aromatic heterocycles. The zero-order valence-corrected chi connectivity index (χ0v) is 13.3. The van der Waals surface area contributed by atoms with E-state index >= 15 is 0 Å². The maximum absolute atomic E-state index is 13.5. The van der Waals surface area contributed by atoms with Crippen LogP contribution in [0.5, 0.6) is 0 Å². The van der Waals surface area contributed by atoms with Crippen LogP contribution in [-0.2, 0) is 12.8 Å². The molecule has 0 nitrogen and oxygen atoms in total. The summed E-state index contributed by atoms with van der Waals surface area (Å²) in [5.41, 5.74) is 2.07. The molecule has 0 spiro atoms. The highest BCUT2D eigenvalue weighted by Gasteiger charge is 2.30. The number of rotatable bonds is 4. The first-order valence-electron chi connectivity index (χ1n) is 8.75. The standard InChI is InChI=1S/C20H26F2/c1-2-3-4-14-5-7-15(8-6-14)16-9-10-17-12-19(21)20(22)13-18(17)11-16/h2,12-16H,1,3-11H2. The molecule has 1 aromatic carbocycles. The molecule has 2 aliphatic rings.